The quantitative estimate of drug-likeness (QED) is 0.732. The van der Waals surface area contributed by atoms with Crippen molar-refractivity contribution in [3.63, 3.8) is 0 Å². The minimum atomic E-state index is 0.646. The molecule has 0 spiro atoms. The summed E-state index contributed by atoms with van der Waals surface area (Å²) in [6.07, 6.45) is 3.85. The molecule has 0 aliphatic heterocycles. The molecule has 98 valence electrons. The van der Waals surface area contributed by atoms with E-state index in [0.29, 0.717) is 12.4 Å². The molecule has 0 radical (unpaired) electrons. The molecule has 0 aromatic carbocycles. The first kappa shape index (κ1) is 12.2. The van der Waals surface area contributed by atoms with E-state index < -0.39 is 0 Å². The maximum Gasteiger partial charge on any atom is 0.237 e. The Morgan fingerprint density at radius 3 is 2.79 bits per heavy atom. The molecule has 0 bridgehead atoms. The van der Waals surface area contributed by atoms with E-state index in [4.69, 9.17) is 4.42 Å². The van der Waals surface area contributed by atoms with Crippen molar-refractivity contribution in [3.05, 3.63) is 46.4 Å². The van der Waals surface area contributed by atoms with Crippen molar-refractivity contribution in [3.8, 4) is 10.8 Å². The second-order valence-electron chi connectivity index (χ2n) is 4.67. The number of aromatic nitrogens is 3. The summed E-state index contributed by atoms with van der Waals surface area (Å²) in [5.41, 5.74) is 3.29. The van der Waals surface area contributed by atoms with E-state index in [1.165, 1.54) is 5.56 Å². The second kappa shape index (κ2) is 4.66. The Hall–Kier alpha value is -1.88. The predicted octanol–water partition coefficient (Wildman–Crippen LogP) is 3.57. The Kier molecular flexibility index (Phi) is 2.98. The lowest BCUT2D eigenvalue weighted by Crippen LogP contribution is -2.01. The molecular formula is C14H15N3OS. The Bertz CT molecular complexity index is 708. The zero-order chi connectivity index (χ0) is 13.4. The van der Waals surface area contributed by atoms with Crippen molar-refractivity contribution in [1.82, 2.24) is 14.8 Å². The Labute approximate surface area is 115 Å². The van der Waals surface area contributed by atoms with Gasteiger partial charge in [-0.1, -0.05) is 0 Å². The molecule has 0 saturated carbocycles. The minimum Gasteiger partial charge on any atom is -0.440 e. The van der Waals surface area contributed by atoms with Crippen LogP contribution in [0.2, 0.25) is 0 Å². The molecule has 0 atom stereocenters. The highest BCUT2D eigenvalue weighted by molar-refractivity contribution is 7.13. The number of rotatable bonds is 3. The molecule has 3 aromatic heterocycles. The van der Waals surface area contributed by atoms with Gasteiger partial charge in [0.05, 0.1) is 17.6 Å². The van der Waals surface area contributed by atoms with Crippen LogP contribution in [0, 0.1) is 20.8 Å². The first-order valence-electron chi connectivity index (χ1n) is 6.13. The SMILES string of the molecule is Cc1cnn(Cc2nc(-c3sccc3C)oc2C)c1. The monoisotopic (exact) mass is 273 g/mol. The molecule has 5 heteroatoms. The third-order valence-electron chi connectivity index (χ3n) is 3.02. The second-order valence-corrected chi connectivity index (χ2v) is 5.59. The van der Waals surface area contributed by atoms with Crippen LogP contribution in [0.25, 0.3) is 10.8 Å². The summed E-state index contributed by atoms with van der Waals surface area (Å²) >= 11 is 1.66. The van der Waals surface area contributed by atoms with E-state index in [-0.39, 0.29) is 0 Å². The molecule has 0 saturated heterocycles. The Morgan fingerprint density at radius 2 is 2.16 bits per heavy atom. The number of aryl methyl sites for hydroxylation is 3. The highest BCUT2D eigenvalue weighted by atomic mass is 32.1. The number of oxazole rings is 1. The van der Waals surface area contributed by atoms with Crippen molar-refractivity contribution >= 4 is 11.3 Å². The van der Waals surface area contributed by atoms with Gasteiger partial charge < -0.3 is 4.42 Å². The van der Waals surface area contributed by atoms with Gasteiger partial charge in [0, 0.05) is 6.20 Å². The van der Waals surface area contributed by atoms with Crippen molar-refractivity contribution in [2.75, 3.05) is 0 Å². The molecule has 0 aliphatic rings. The van der Waals surface area contributed by atoms with E-state index in [9.17, 15) is 0 Å². The van der Waals surface area contributed by atoms with E-state index in [1.807, 2.05) is 30.9 Å². The minimum absolute atomic E-state index is 0.646. The Balaban J connectivity index is 1.92. The van der Waals surface area contributed by atoms with Crippen LogP contribution in [-0.2, 0) is 6.54 Å². The molecule has 0 fully saturated rings. The van der Waals surface area contributed by atoms with Crippen LogP contribution in [0.5, 0.6) is 0 Å². The zero-order valence-electron chi connectivity index (χ0n) is 11.2. The van der Waals surface area contributed by atoms with Crippen LogP contribution in [0.4, 0.5) is 0 Å². The third kappa shape index (κ3) is 2.33. The average molecular weight is 273 g/mol. The van der Waals surface area contributed by atoms with Crippen molar-refractivity contribution in [2.24, 2.45) is 0 Å². The van der Waals surface area contributed by atoms with Gasteiger partial charge in [-0.2, -0.15) is 5.10 Å². The van der Waals surface area contributed by atoms with Gasteiger partial charge in [0.15, 0.2) is 0 Å². The first-order chi connectivity index (χ1) is 9.13. The number of thiophene rings is 1. The summed E-state index contributed by atoms with van der Waals surface area (Å²) in [5, 5.41) is 6.34. The van der Waals surface area contributed by atoms with Gasteiger partial charge in [0.1, 0.15) is 11.5 Å². The van der Waals surface area contributed by atoms with Gasteiger partial charge in [-0.15, -0.1) is 11.3 Å². The molecule has 19 heavy (non-hydrogen) atoms. The number of hydrogen-bond acceptors (Lipinski definition) is 4. The molecule has 3 heterocycles. The summed E-state index contributed by atoms with van der Waals surface area (Å²) < 4.78 is 7.66. The van der Waals surface area contributed by atoms with Crippen LogP contribution >= 0.6 is 11.3 Å². The molecule has 3 aromatic rings. The smallest absolute Gasteiger partial charge is 0.237 e. The highest BCUT2D eigenvalue weighted by Crippen LogP contribution is 2.29. The van der Waals surface area contributed by atoms with Crippen LogP contribution < -0.4 is 0 Å². The van der Waals surface area contributed by atoms with E-state index in [1.54, 1.807) is 11.3 Å². The summed E-state index contributed by atoms with van der Waals surface area (Å²) in [4.78, 5) is 5.70. The molecule has 4 nitrogen and oxygen atoms in total. The van der Waals surface area contributed by atoms with Crippen LogP contribution in [-0.4, -0.2) is 14.8 Å². The lowest BCUT2D eigenvalue weighted by molar-refractivity contribution is 0.537. The predicted molar refractivity (Wildman–Crippen MR) is 75.4 cm³/mol. The van der Waals surface area contributed by atoms with Gasteiger partial charge in [0.25, 0.3) is 0 Å². The number of nitrogens with zero attached hydrogens (tertiary/aromatic N) is 3. The standard InChI is InChI=1S/C14H15N3OS/c1-9-6-15-17(7-9)8-12-11(3)18-14(16-12)13-10(2)4-5-19-13/h4-7H,8H2,1-3H3. The van der Waals surface area contributed by atoms with Gasteiger partial charge in [0.2, 0.25) is 5.89 Å². The van der Waals surface area contributed by atoms with Crippen molar-refractivity contribution in [2.45, 2.75) is 27.3 Å². The number of hydrogen-bond donors (Lipinski definition) is 0. The van der Waals surface area contributed by atoms with Crippen molar-refractivity contribution < 1.29 is 4.42 Å². The lowest BCUT2D eigenvalue weighted by Gasteiger charge is -1.97. The van der Waals surface area contributed by atoms with Gasteiger partial charge in [-0.3, -0.25) is 4.68 Å². The summed E-state index contributed by atoms with van der Waals surface area (Å²) in [5.74, 6) is 1.57. The molecule has 0 aliphatic carbocycles. The zero-order valence-corrected chi connectivity index (χ0v) is 12.0. The molecule has 3 rings (SSSR count). The fourth-order valence-electron chi connectivity index (χ4n) is 1.97. The summed E-state index contributed by atoms with van der Waals surface area (Å²) in [6, 6.07) is 2.08. The fourth-order valence-corrected chi connectivity index (χ4v) is 2.82. The normalized spacial score (nSPS) is 11.1. The maximum atomic E-state index is 5.78. The highest BCUT2D eigenvalue weighted by Gasteiger charge is 2.14. The van der Waals surface area contributed by atoms with Crippen molar-refractivity contribution in [1.29, 1.82) is 0 Å². The van der Waals surface area contributed by atoms with Crippen LogP contribution in [0.3, 0.4) is 0 Å². The average Bonchev–Trinajstić information content (AvgIpc) is 3.03. The van der Waals surface area contributed by atoms with Gasteiger partial charge >= 0.3 is 0 Å². The largest absolute Gasteiger partial charge is 0.440 e. The fraction of sp³-hybridized carbons (Fsp3) is 0.286. The van der Waals surface area contributed by atoms with Gasteiger partial charge in [-0.05, 0) is 43.3 Å². The summed E-state index contributed by atoms with van der Waals surface area (Å²) in [7, 11) is 0. The van der Waals surface area contributed by atoms with E-state index in [2.05, 4.69) is 28.5 Å². The molecule has 0 N–H and O–H groups in total. The molecule has 0 unspecified atom stereocenters. The lowest BCUT2D eigenvalue weighted by atomic mass is 10.3. The Morgan fingerprint density at radius 1 is 1.32 bits per heavy atom. The van der Waals surface area contributed by atoms with E-state index in [0.717, 1.165) is 21.9 Å². The molecular weight excluding hydrogens is 258 g/mol. The maximum absolute atomic E-state index is 5.78. The third-order valence-corrected chi connectivity index (χ3v) is 4.03. The van der Waals surface area contributed by atoms with Crippen LogP contribution in [0.15, 0.2) is 28.3 Å². The summed E-state index contributed by atoms with van der Waals surface area (Å²) in [6.45, 7) is 6.69. The van der Waals surface area contributed by atoms with E-state index >= 15 is 0 Å². The first-order valence-corrected chi connectivity index (χ1v) is 7.01. The van der Waals surface area contributed by atoms with Crippen LogP contribution in [0.1, 0.15) is 22.6 Å². The molecule has 0 amide bonds. The van der Waals surface area contributed by atoms with Gasteiger partial charge in [-0.25, -0.2) is 4.98 Å². The topological polar surface area (TPSA) is 43.9 Å².